The van der Waals surface area contributed by atoms with Gasteiger partial charge < -0.3 is 14.2 Å². The minimum atomic E-state index is -0.676. The van der Waals surface area contributed by atoms with Gasteiger partial charge in [-0.15, -0.1) is 0 Å². The molecule has 0 radical (unpaired) electrons. The van der Waals surface area contributed by atoms with Gasteiger partial charge in [0.05, 0.1) is 6.61 Å². The summed E-state index contributed by atoms with van der Waals surface area (Å²) in [6.45, 7) is 8.87. The Bertz CT molecular complexity index is 514. The molecular weight excluding hydrogens is 318 g/mol. The Kier molecular flexibility index (Phi) is 7.88. The van der Waals surface area contributed by atoms with Crippen molar-refractivity contribution in [2.75, 3.05) is 32.9 Å². The van der Waals surface area contributed by atoms with Crippen LogP contribution < -0.4 is 0 Å². The van der Waals surface area contributed by atoms with Gasteiger partial charge in [-0.3, -0.25) is 9.69 Å². The van der Waals surface area contributed by atoms with Crippen molar-refractivity contribution in [2.45, 2.75) is 51.9 Å². The van der Waals surface area contributed by atoms with E-state index in [4.69, 9.17) is 14.2 Å². The maximum atomic E-state index is 12.5. The van der Waals surface area contributed by atoms with E-state index in [1.807, 2.05) is 39.0 Å². The number of piperidine rings is 1. The van der Waals surface area contributed by atoms with E-state index < -0.39 is 5.79 Å². The number of ether oxygens (including phenoxy) is 3. The highest BCUT2D eigenvalue weighted by Gasteiger charge is 2.44. The molecule has 5 nitrogen and oxygen atoms in total. The van der Waals surface area contributed by atoms with Crippen LogP contribution in [-0.2, 0) is 25.4 Å². The number of benzene rings is 1. The Labute approximate surface area is 151 Å². The molecule has 2 rings (SSSR count). The van der Waals surface area contributed by atoms with Gasteiger partial charge >= 0.3 is 5.97 Å². The topological polar surface area (TPSA) is 48.0 Å². The lowest BCUT2D eigenvalue weighted by molar-refractivity contribution is -0.261. The highest BCUT2D eigenvalue weighted by atomic mass is 16.7. The lowest BCUT2D eigenvalue weighted by atomic mass is 9.94. The van der Waals surface area contributed by atoms with Gasteiger partial charge in [-0.05, 0) is 32.8 Å². The molecule has 0 aliphatic carbocycles. The highest BCUT2D eigenvalue weighted by molar-refractivity contribution is 5.76. The van der Waals surface area contributed by atoms with Crippen LogP contribution in [0.25, 0.3) is 0 Å². The molecule has 0 spiro atoms. The molecule has 0 aromatic heterocycles. The second-order valence-electron chi connectivity index (χ2n) is 6.27. The number of carbonyl (C=O) groups excluding carboxylic acids is 1. The fraction of sp³-hybridized carbons (Fsp3) is 0.650. The SMILES string of the molecule is CCOC(=O)[C@@H]1CC(OCC)(OCC)CCN1CCc1ccccc1. The maximum Gasteiger partial charge on any atom is 0.323 e. The zero-order valence-corrected chi connectivity index (χ0v) is 15.7. The molecule has 0 N–H and O–H groups in total. The van der Waals surface area contributed by atoms with E-state index in [2.05, 4.69) is 17.0 Å². The average molecular weight is 349 g/mol. The predicted octanol–water partition coefficient (Wildman–Crippen LogP) is 3.03. The van der Waals surface area contributed by atoms with E-state index in [1.165, 1.54) is 5.56 Å². The molecule has 25 heavy (non-hydrogen) atoms. The monoisotopic (exact) mass is 349 g/mol. The Balaban J connectivity index is 2.08. The summed E-state index contributed by atoms with van der Waals surface area (Å²) < 4.78 is 17.2. The predicted molar refractivity (Wildman–Crippen MR) is 97.4 cm³/mol. The summed E-state index contributed by atoms with van der Waals surface area (Å²) >= 11 is 0. The van der Waals surface area contributed by atoms with E-state index in [0.29, 0.717) is 26.2 Å². The van der Waals surface area contributed by atoms with Gasteiger partial charge in [0.15, 0.2) is 5.79 Å². The normalized spacial score (nSPS) is 20.4. The van der Waals surface area contributed by atoms with Crippen LogP contribution in [0.4, 0.5) is 0 Å². The fourth-order valence-corrected chi connectivity index (χ4v) is 3.48. The largest absolute Gasteiger partial charge is 0.465 e. The smallest absolute Gasteiger partial charge is 0.323 e. The van der Waals surface area contributed by atoms with E-state index in [-0.39, 0.29) is 12.0 Å². The van der Waals surface area contributed by atoms with Crippen molar-refractivity contribution < 1.29 is 19.0 Å². The third-order valence-corrected chi connectivity index (χ3v) is 4.63. The van der Waals surface area contributed by atoms with Crippen molar-refractivity contribution in [3.05, 3.63) is 35.9 Å². The summed E-state index contributed by atoms with van der Waals surface area (Å²) in [5.74, 6) is -0.858. The molecule has 140 valence electrons. The van der Waals surface area contributed by atoms with Crippen molar-refractivity contribution in [3.63, 3.8) is 0 Å². The lowest BCUT2D eigenvalue weighted by Crippen LogP contribution is -2.56. The second-order valence-corrected chi connectivity index (χ2v) is 6.27. The van der Waals surface area contributed by atoms with Crippen LogP contribution in [0.15, 0.2) is 30.3 Å². The fourth-order valence-electron chi connectivity index (χ4n) is 3.48. The van der Waals surface area contributed by atoms with E-state index in [0.717, 1.165) is 25.9 Å². The van der Waals surface area contributed by atoms with E-state index >= 15 is 0 Å². The van der Waals surface area contributed by atoms with Crippen LogP contribution in [0.2, 0.25) is 0 Å². The summed E-state index contributed by atoms with van der Waals surface area (Å²) in [5.41, 5.74) is 1.27. The van der Waals surface area contributed by atoms with E-state index in [9.17, 15) is 4.79 Å². The van der Waals surface area contributed by atoms with Crippen LogP contribution in [0.5, 0.6) is 0 Å². The number of nitrogens with zero attached hydrogens (tertiary/aromatic N) is 1. The molecule has 1 aromatic carbocycles. The minimum Gasteiger partial charge on any atom is -0.465 e. The average Bonchev–Trinajstić information content (AvgIpc) is 2.62. The van der Waals surface area contributed by atoms with Gasteiger partial charge in [0, 0.05) is 39.1 Å². The summed E-state index contributed by atoms with van der Waals surface area (Å²) in [7, 11) is 0. The second kappa shape index (κ2) is 9.90. The number of likely N-dealkylation sites (tertiary alicyclic amines) is 1. The first-order valence-electron chi connectivity index (χ1n) is 9.36. The molecule has 5 heteroatoms. The number of hydrogen-bond acceptors (Lipinski definition) is 5. The van der Waals surface area contributed by atoms with Gasteiger partial charge in [0.25, 0.3) is 0 Å². The van der Waals surface area contributed by atoms with Crippen molar-refractivity contribution in [3.8, 4) is 0 Å². The summed E-state index contributed by atoms with van der Waals surface area (Å²) in [4.78, 5) is 14.8. The van der Waals surface area contributed by atoms with Gasteiger partial charge in [-0.2, -0.15) is 0 Å². The van der Waals surface area contributed by atoms with Crippen molar-refractivity contribution >= 4 is 5.97 Å². The number of hydrogen-bond donors (Lipinski definition) is 0. The van der Waals surface area contributed by atoms with Gasteiger partial charge in [-0.25, -0.2) is 0 Å². The first-order valence-corrected chi connectivity index (χ1v) is 9.36. The van der Waals surface area contributed by atoms with Gasteiger partial charge in [0.2, 0.25) is 0 Å². The first kappa shape index (κ1) is 19.9. The Hall–Kier alpha value is -1.43. The number of carbonyl (C=O) groups is 1. The molecule has 1 aliphatic rings. The molecule has 0 unspecified atom stereocenters. The van der Waals surface area contributed by atoms with Gasteiger partial charge in [-0.1, -0.05) is 30.3 Å². The molecule has 0 bridgehead atoms. The standard InChI is InChI=1S/C20H31NO4/c1-4-23-19(22)18-16-20(24-5-2,25-6-3)13-15-21(18)14-12-17-10-8-7-9-11-17/h7-11,18H,4-6,12-16H2,1-3H3/t18-/m0/s1. The molecule has 1 saturated heterocycles. The Morgan fingerprint density at radius 3 is 2.40 bits per heavy atom. The van der Waals surface area contributed by atoms with Crippen LogP contribution in [0, 0.1) is 0 Å². The quantitative estimate of drug-likeness (QED) is 0.507. The lowest BCUT2D eigenvalue weighted by Gasteiger charge is -2.44. The van der Waals surface area contributed by atoms with Crippen molar-refractivity contribution in [1.82, 2.24) is 4.90 Å². The highest BCUT2D eigenvalue weighted by Crippen LogP contribution is 2.32. The van der Waals surface area contributed by atoms with Crippen molar-refractivity contribution in [1.29, 1.82) is 0 Å². The molecule has 1 heterocycles. The molecule has 0 saturated carbocycles. The van der Waals surface area contributed by atoms with Crippen LogP contribution >= 0.6 is 0 Å². The zero-order valence-electron chi connectivity index (χ0n) is 15.7. The van der Waals surface area contributed by atoms with Crippen molar-refractivity contribution in [2.24, 2.45) is 0 Å². The number of rotatable bonds is 9. The third kappa shape index (κ3) is 5.53. The molecule has 1 fully saturated rings. The molecule has 1 aromatic rings. The molecular formula is C20H31NO4. The van der Waals surface area contributed by atoms with E-state index in [1.54, 1.807) is 0 Å². The Morgan fingerprint density at radius 2 is 1.80 bits per heavy atom. The zero-order chi connectivity index (χ0) is 18.1. The Morgan fingerprint density at radius 1 is 1.12 bits per heavy atom. The first-order chi connectivity index (χ1) is 12.1. The summed E-state index contributed by atoms with van der Waals surface area (Å²) in [6, 6.07) is 10.0. The van der Waals surface area contributed by atoms with Gasteiger partial charge in [0.1, 0.15) is 6.04 Å². The molecule has 1 aliphatic heterocycles. The number of esters is 1. The summed E-state index contributed by atoms with van der Waals surface area (Å²) in [5, 5.41) is 0. The van der Waals surface area contributed by atoms with Crippen LogP contribution in [0.1, 0.15) is 39.2 Å². The minimum absolute atomic E-state index is 0.181. The third-order valence-electron chi connectivity index (χ3n) is 4.63. The maximum absolute atomic E-state index is 12.5. The molecule has 0 amide bonds. The van der Waals surface area contributed by atoms with Crippen LogP contribution in [0.3, 0.4) is 0 Å². The molecule has 1 atom stereocenters. The van der Waals surface area contributed by atoms with Crippen LogP contribution in [-0.4, -0.2) is 55.6 Å². The summed E-state index contributed by atoms with van der Waals surface area (Å²) in [6.07, 6.45) is 2.19.